The molecule has 0 spiro atoms. The molecule has 0 saturated heterocycles. The minimum atomic E-state index is -0.528. The Labute approximate surface area is 119 Å². The molecule has 0 aliphatic heterocycles. The molecule has 0 heterocycles. The molecule has 1 unspecified atom stereocenters. The van der Waals surface area contributed by atoms with Gasteiger partial charge in [-0.15, -0.1) is 0 Å². The van der Waals surface area contributed by atoms with Crippen LogP contribution in [0.15, 0.2) is 42.5 Å². The van der Waals surface area contributed by atoms with E-state index >= 15 is 0 Å². The van der Waals surface area contributed by atoms with Crippen LogP contribution in [0.4, 0.5) is 8.78 Å². The molecular weight excluding hydrogens is 254 g/mol. The van der Waals surface area contributed by atoms with E-state index in [1.807, 2.05) is 13.0 Å². The van der Waals surface area contributed by atoms with E-state index in [1.165, 1.54) is 17.2 Å². The van der Waals surface area contributed by atoms with Crippen LogP contribution in [-0.2, 0) is 6.42 Å². The smallest absolute Gasteiger partial charge is 0.129 e. The molecule has 2 rings (SSSR count). The quantitative estimate of drug-likeness (QED) is 0.697. The van der Waals surface area contributed by atoms with Crippen LogP contribution in [0.1, 0.15) is 49.3 Å². The summed E-state index contributed by atoms with van der Waals surface area (Å²) in [5.74, 6) is -0.483. The zero-order valence-electron chi connectivity index (χ0n) is 12.2. The first kappa shape index (κ1) is 14.7. The zero-order valence-corrected chi connectivity index (χ0v) is 12.2. The maximum absolute atomic E-state index is 13.8. The van der Waals surface area contributed by atoms with E-state index in [4.69, 9.17) is 0 Å². The van der Waals surface area contributed by atoms with Crippen LogP contribution in [0, 0.1) is 11.6 Å². The summed E-state index contributed by atoms with van der Waals surface area (Å²) in [5.41, 5.74) is 3.04. The lowest BCUT2D eigenvalue weighted by molar-refractivity contribution is 0.558. The van der Waals surface area contributed by atoms with Gasteiger partial charge < -0.3 is 0 Å². The van der Waals surface area contributed by atoms with E-state index < -0.39 is 11.6 Å². The van der Waals surface area contributed by atoms with Crippen molar-refractivity contribution in [3.05, 3.63) is 70.8 Å². The Morgan fingerprint density at radius 1 is 0.950 bits per heavy atom. The largest absolute Gasteiger partial charge is 0.207 e. The molecule has 0 aromatic heterocycles. The van der Waals surface area contributed by atoms with E-state index in [9.17, 15) is 8.78 Å². The summed E-state index contributed by atoms with van der Waals surface area (Å²) in [6.45, 7) is 6.28. The van der Waals surface area contributed by atoms with Crippen molar-refractivity contribution in [1.82, 2.24) is 0 Å². The highest BCUT2D eigenvalue weighted by molar-refractivity contribution is 5.29. The molecule has 0 aliphatic rings. The van der Waals surface area contributed by atoms with Crippen LogP contribution in [-0.4, -0.2) is 0 Å². The normalized spacial score (nSPS) is 12.7. The van der Waals surface area contributed by atoms with Crippen LogP contribution >= 0.6 is 0 Å². The number of hydrogen-bond donors (Lipinski definition) is 0. The molecular formula is C18H20F2. The van der Waals surface area contributed by atoms with Crippen molar-refractivity contribution in [3.8, 4) is 0 Å². The fourth-order valence-corrected chi connectivity index (χ4v) is 2.44. The highest BCUT2D eigenvalue weighted by Gasteiger charge is 2.13. The summed E-state index contributed by atoms with van der Waals surface area (Å²) < 4.78 is 26.7. The van der Waals surface area contributed by atoms with Crippen molar-refractivity contribution in [3.63, 3.8) is 0 Å². The Bertz CT molecular complexity index is 588. The van der Waals surface area contributed by atoms with Gasteiger partial charge in [-0.05, 0) is 41.0 Å². The summed E-state index contributed by atoms with van der Waals surface area (Å²) in [5, 5.41) is 0. The SMILES string of the molecule is CC(C)c1cccc(CC(C)c2ccc(F)cc2F)c1. The molecule has 0 bridgehead atoms. The fraction of sp³-hybridized carbons (Fsp3) is 0.333. The van der Waals surface area contributed by atoms with Gasteiger partial charge in [-0.2, -0.15) is 0 Å². The maximum atomic E-state index is 13.8. The van der Waals surface area contributed by atoms with Gasteiger partial charge in [-0.25, -0.2) is 8.78 Å². The van der Waals surface area contributed by atoms with Crippen molar-refractivity contribution >= 4 is 0 Å². The molecule has 0 radical (unpaired) electrons. The molecule has 0 amide bonds. The van der Waals surface area contributed by atoms with Crippen molar-refractivity contribution in [2.75, 3.05) is 0 Å². The molecule has 20 heavy (non-hydrogen) atoms. The highest BCUT2D eigenvalue weighted by atomic mass is 19.1. The van der Waals surface area contributed by atoms with Gasteiger partial charge in [0.1, 0.15) is 11.6 Å². The van der Waals surface area contributed by atoms with E-state index in [0.717, 1.165) is 12.5 Å². The Hall–Kier alpha value is -1.70. The van der Waals surface area contributed by atoms with Crippen LogP contribution in [0.5, 0.6) is 0 Å². The number of halogens is 2. The molecule has 2 aromatic carbocycles. The van der Waals surface area contributed by atoms with E-state index in [0.29, 0.717) is 11.5 Å². The summed E-state index contributed by atoms with van der Waals surface area (Å²) in [4.78, 5) is 0. The third-order valence-corrected chi connectivity index (χ3v) is 3.65. The molecule has 0 saturated carbocycles. The fourth-order valence-electron chi connectivity index (χ4n) is 2.44. The zero-order chi connectivity index (χ0) is 14.7. The lowest BCUT2D eigenvalue weighted by Crippen LogP contribution is -2.02. The van der Waals surface area contributed by atoms with Crippen LogP contribution in [0.25, 0.3) is 0 Å². The van der Waals surface area contributed by atoms with Gasteiger partial charge in [0.25, 0.3) is 0 Å². The summed E-state index contributed by atoms with van der Waals surface area (Å²) >= 11 is 0. The predicted octanol–water partition coefficient (Wildman–Crippen LogP) is 5.43. The Morgan fingerprint density at radius 2 is 1.70 bits per heavy atom. The van der Waals surface area contributed by atoms with Crippen LogP contribution in [0.3, 0.4) is 0 Å². The first-order chi connectivity index (χ1) is 9.47. The second-order valence-corrected chi connectivity index (χ2v) is 5.67. The molecule has 0 aliphatic carbocycles. The van der Waals surface area contributed by atoms with E-state index in [1.54, 1.807) is 6.07 Å². The van der Waals surface area contributed by atoms with Gasteiger partial charge in [-0.1, -0.05) is 51.1 Å². The first-order valence-corrected chi connectivity index (χ1v) is 7.01. The monoisotopic (exact) mass is 274 g/mol. The molecule has 1 atom stereocenters. The minimum absolute atomic E-state index is 0.0259. The standard InChI is InChI=1S/C18H20F2/c1-12(2)15-6-4-5-14(10-15)9-13(3)17-8-7-16(19)11-18(17)20/h4-8,10-13H,9H2,1-3H3. The Morgan fingerprint density at radius 3 is 2.35 bits per heavy atom. The molecule has 0 nitrogen and oxygen atoms in total. The number of hydrogen-bond acceptors (Lipinski definition) is 0. The van der Waals surface area contributed by atoms with Gasteiger partial charge in [-0.3, -0.25) is 0 Å². The maximum Gasteiger partial charge on any atom is 0.129 e. The number of rotatable bonds is 4. The molecule has 0 fully saturated rings. The third kappa shape index (κ3) is 3.44. The summed E-state index contributed by atoms with van der Waals surface area (Å²) in [7, 11) is 0. The van der Waals surface area contributed by atoms with E-state index in [2.05, 4.69) is 32.0 Å². The second kappa shape index (κ2) is 6.17. The summed E-state index contributed by atoms with van der Waals surface area (Å²) in [6, 6.07) is 12.2. The first-order valence-electron chi connectivity index (χ1n) is 7.01. The van der Waals surface area contributed by atoms with Gasteiger partial charge >= 0.3 is 0 Å². The van der Waals surface area contributed by atoms with Gasteiger partial charge in [0.05, 0.1) is 0 Å². The van der Waals surface area contributed by atoms with Crippen molar-refractivity contribution in [1.29, 1.82) is 0 Å². The number of benzene rings is 2. The van der Waals surface area contributed by atoms with Gasteiger partial charge in [0.15, 0.2) is 0 Å². The van der Waals surface area contributed by atoms with Crippen LogP contribution < -0.4 is 0 Å². The minimum Gasteiger partial charge on any atom is -0.207 e. The van der Waals surface area contributed by atoms with Crippen molar-refractivity contribution < 1.29 is 8.78 Å². The average molecular weight is 274 g/mol. The summed E-state index contributed by atoms with van der Waals surface area (Å²) in [6.07, 6.45) is 0.753. The van der Waals surface area contributed by atoms with Crippen molar-refractivity contribution in [2.24, 2.45) is 0 Å². The molecule has 2 heteroatoms. The predicted molar refractivity (Wildman–Crippen MR) is 79.0 cm³/mol. The van der Waals surface area contributed by atoms with E-state index in [-0.39, 0.29) is 5.92 Å². The second-order valence-electron chi connectivity index (χ2n) is 5.67. The van der Waals surface area contributed by atoms with Crippen molar-refractivity contribution in [2.45, 2.75) is 39.0 Å². The Balaban J connectivity index is 2.19. The van der Waals surface area contributed by atoms with Gasteiger partial charge in [0.2, 0.25) is 0 Å². The van der Waals surface area contributed by atoms with Crippen LogP contribution in [0.2, 0.25) is 0 Å². The molecule has 0 N–H and O–H groups in total. The lowest BCUT2D eigenvalue weighted by Gasteiger charge is -2.14. The average Bonchev–Trinajstić information content (AvgIpc) is 2.38. The Kier molecular flexibility index (Phi) is 4.53. The lowest BCUT2D eigenvalue weighted by atomic mass is 9.91. The third-order valence-electron chi connectivity index (χ3n) is 3.65. The molecule has 106 valence electrons. The topological polar surface area (TPSA) is 0 Å². The molecule has 2 aromatic rings. The highest BCUT2D eigenvalue weighted by Crippen LogP contribution is 2.25. The van der Waals surface area contributed by atoms with Gasteiger partial charge in [0, 0.05) is 6.07 Å².